The van der Waals surface area contributed by atoms with E-state index in [0.717, 1.165) is 68.4 Å². The van der Waals surface area contributed by atoms with Crippen LogP contribution >= 0.6 is 0 Å². The molecular formula is C24H26FN5O2. The van der Waals surface area contributed by atoms with Gasteiger partial charge in [0, 0.05) is 34.4 Å². The minimum Gasteiger partial charge on any atom is -0.481 e. The third kappa shape index (κ3) is 3.15. The number of aromatic nitrogens is 4. The van der Waals surface area contributed by atoms with Crippen molar-refractivity contribution in [3.8, 4) is 11.4 Å². The molecule has 32 heavy (non-hydrogen) atoms. The Morgan fingerprint density at radius 3 is 2.72 bits per heavy atom. The van der Waals surface area contributed by atoms with Crippen LogP contribution in [0.4, 0.5) is 10.2 Å². The van der Waals surface area contributed by atoms with E-state index in [1.54, 1.807) is 6.20 Å². The van der Waals surface area contributed by atoms with E-state index in [-0.39, 0.29) is 17.9 Å². The number of halogens is 1. The number of rotatable bonds is 4. The first kappa shape index (κ1) is 19.6. The molecule has 0 spiro atoms. The van der Waals surface area contributed by atoms with Gasteiger partial charge in [-0.25, -0.2) is 19.3 Å². The Labute approximate surface area is 184 Å². The Morgan fingerprint density at radius 1 is 1.12 bits per heavy atom. The average molecular weight is 436 g/mol. The second kappa shape index (κ2) is 7.53. The van der Waals surface area contributed by atoms with Gasteiger partial charge in [-0.1, -0.05) is 0 Å². The van der Waals surface area contributed by atoms with Gasteiger partial charge in [-0.2, -0.15) is 0 Å². The summed E-state index contributed by atoms with van der Waals surface area (Å²) in [6.07, 6.45) is 11.0. The Balaban J connectivity index is 1.44. The van der Waals surface area contributed by atoms with Crippen LogP contribution in [0.15, 0.2) is 18.5 Å². The molecule has 166 valence electrons. The minimum atomic E-state index is -0.710. The van der Waals surface area contributed by atoms with Gasteiger partial charge in [0.2, 0.25) is 0 Å². The number of carboxylic acids is 1. The Morgan fingerprint density at radius 2 is 1.91 bits per heavy atom. The Bertz CT molecular complexity index is 1200. The van der Waals surface area contributed by atoms with E-state index in [1.807, 2.05) is 0 Å². The first-order valence-electron chi connectivity index (χ1n) is 11.6. The summed E-state index contributed by atoms with van der Waals surface area (Å²) in [4.78, 5) is 29.1. The average Bonchev–Trinajstić information content (AvgIpc) is 3.22. The normalized spacial score (nSPS) is 26.8. The van der Waals surface area contributed by atoms with E-state index in [0.29, 0.717) is 28.3 Å². The highest BCUT2D eigenvalue weighted by Gasteiger charge is 2.47. The van der Waals surface area contributed by atoms with Crippen molar-refractivity contribution in [1.82, 2.24) is 19.9 Å². The fourth-order valence-corrected chi connectivity index (χ4v) is 6.17. The molecule has 8 heteroatoms. The highest BCUT2D eigenvalue weighted by molar-refractivity contribution is 5.91. The molecule has 2 atom stereocenters. The van der Waals surface area contributed by atoms with Crippen LogP contribution in [0.25, 0.3) is 22.4 Å². The lowest BCUT2D eigenvalue weighted by atomic mass is 9.61. The summed E-state index contributed by atoms with van der Waals surface area (Å²) < 4.78 is 13.9. The zero-order valence-electron chi connectivity index (χ0n) is 17.8. The number of H-pyrrole nitrogens is 1. The molecule has 3 aromatic rings. The summed E-state index contributed by atoms with van der Waals surface area (Å²) >= 11 is 0. The van der Waals surface area contributed by atoms with Crippen LogP contribution < -0.4 is 5.32 Å². The third-order valence-electron chi connectivity index (χ3n) is 7.73. The number of hydrogen-bond donors (Lipinski definition) is 3. The van der Waals surface area contributed by atoms with Gasteiger partial charge in [-0.15, -0.1) is 0 Å². The molecule has 7 nitrogen and oxygen atoms in total. The van der Waals surface area contributed by atoms with Gasteiger partial charge in [-0.3, -0.25) is 4.79 Å². The van der Waals surface area contributed by atoms with E-state index in [9.17, 15) is 14.3 Å². The lowest BCUT2D eigenvalue weighted by Crippen LogP contribution is -2.51. The van der Waals surface area contributed by atoms with Gasteiger partial charge in [0.05, 0.1) is 12.1 Å². The van der Waals surface area contributed by atoms with Crippen LogP contribution in [-0.2, 0) is 17.6 Å². The van der Waals surface area contributed by atoms with Crippen LogP contribution in [0.1, 0.15) is 49.8 Å². The van der Waals surface area contributed by atoms with Crippen LogP contribution in [0.3, 0.4) is 0 Å². The molecule has 3 N–H and O–H groups in total. The van der Waals surface area contributed by atoms with Crippen molar-refractivity contribution < 1.29 is 14.3 Å². The number of carboxylic acid groups (broad SMARTS) is 1. The van der Waals surface area contributed by atoms with Crippen LogP contribution in [-0.4, -0.2) is 37.1 Å². The predicted molar refractivity (Wildman–Crippen MR) is 118 cm³/mol. The molecule has 3 saturated carbocycles. The lowest BCUT2D eigenvalue weighted by molar-refractivity contribution is -0.148. The molecule has 0 aromatic carbocycles. The molecule has 0 aliphatic heterocycles. The molecule has 0 saturated heterocycles. The number of hydrogen-bond acceptors (Lipinski definition) is 5. The molecular weight excluding hydrogens is 409 g/mol. The molecule has 3 aromatic heterocycles. The fourth-order valence-electron chi connectivity index (χ4n) is 6.17. The second-order valence-electron chi connectivity index (χ2n) is 9.49. The third-order valence-corrected chi connectivity index (χ3v) is 7.73. The van der Waals surface area contributed by atoms with Crippen molar-refractivity contribution in [2.45, 2.75) is 57.4 Å². The fraction of sp³-hybridized carbons (Fsp3) is 0.500. The standard InChI is InChI=1S/C24H26FN5O2/c25-14-9-16-17(11-27-21(16)26-10-14)23-28-18-4-2-1-3-15(18)22(30-23)29-20-13-7-5-12(6-8-13)19(20)24(31)32/h9-13,19-20H,1-8H2,(H,26,27)(H,31,32)(H,28,29,30). The predicted octanol–water partition coefficient (Wildman–Crippen LogP) is 4.34. The number of aryl methyl sites for hydroxylation is 1. The van der Waals surface area contributed by atoms with Crippen LogP contribution in [0.2, 0.25) is 0 Å². The first-order valence-corrected chi connectivity index (χ1v) is 11.6. The number of fused-ring (bicyclic) bond motifs is 5. The number of aromatic amines is 1. The zero-order chi connectivity index (χ0) is 21.8. The Kier molecular flexibility index (Phi) is 4.62. The smallest absolute Gasteiger partial charge is 0.308 e. The van der Waals surface area contributed by atoms with E-state index in [2.05, 4.69) is 15.3 Å². The second-order valence-corrected chi connectivity index (χ2v) is 9.49. The molecule has 3 heterocycles. The maximum Gasteiger partial charge on any atom is 0.308 e. The number of anilines is 1. The molecule has 0 radical (unpaired) electrons. The SMILES string of the molecule is O=C(O)C1C2CCC(CC2)C1Nc1nc(-c2c[nH]c3ncc(F)cc23)nc2c1CCCC2. The molecule has 3 fully saturated rings. The van der Waals surface area contributed by atoms with Crippen molar-refractivity contribution in [2.75, 3.05) is 5.32 Å². The molecule has 2 bridgehead atoms. The quantitative estimate of drug-likeness (QED) is 0.563. The van der Waals surface area contributed by atoms with E-state index >= 15 is 0 Å². The van der Waals surface area contributed by atoms with Crippen LogP contribution in [0.5, 0.6) is 0 Å². The molecule has 7 rings (SSSR count). The largest absolute Gasteiger partial charge is 0.481 e. The van der Waals surface area contributed by atoms with Crippen molar-refractivity contribution in [2.24, 2.45) is 17.8 Å². The highest BCUT2D eigenvalue weighted by atomic mass is 19.1. The highest BCUT2D eigenvalue weighted by Crippen LogP contribution is 2.47. The summed E-state index contributed by atoms with van der Waals surface area (Å²) in [6.45, 7) is 0. The molecule has 0 amide bonds. The van der Waals surface area contributed by atoms with Crippen molar-refractivity contribution in [3.63, 3.8) is 0 Å². The summed E-state index contributed by atoms with van der Waals surface area (Å²) in [5.74, 6) is 0.369. The zero-order valence-corrected chi connectivity index (χ0v) is 17.8. The maximum atomic E-state index is 13.9. The summed E-state index contributed by atoms with van der Waals surface area (Å²) in [5.41, 5.74) is 3.42. The van der Waals surface area contributed by atoms with Crippen molar-refractivity contribution in [3.05, 3.63) is 35.5 Å². The van der Waals surface area contributed by atoms with Gasteiger partial charge in [0.1, 0.15) is 17.3 Å². The number of aliphatic carboxylic acids is 1. The summed E-state index contributed by atoms with van der Waals surface area (Å²) in [7, 11) is 0. The first-order chi connectivity index (χ1) is 15.6. The number of pyridine rings is 1. The number of carbonyl (C=O) groups is 1. The van der Waals surface area contributed by atoms with E-state index in [4.69, 9.17) is 9.97 Å². The minimum absolute atomic E-state index is 0.115. The van der Waals surface area contributed by atoms with Gasteiger partial charge in [0.15, 0.2) is 5.82 Å². The van der Waals surface area contributed by atoms with Gasteiger partial charge in [0.25, 0.3) is 0 Å². The molecule has 4 aliphatic carbocycles. The van der Waals surface area contributed by atoms with Crippen molar-refractivity contribution >= 4 is 22.8 Å². The van der Waals surface area contributed by atoms with Gasteiger partial charge in [-0.05, 0) is 69.3 Å². The molecule has 2 unspecified atom stereocenters. The Hall–Kier alpha value is -3.03. The van der Waals surface area contributed by atoms with E-state index in [1.165, 1.54) is 12.3 Å². The number of nitrogens with one attached hydrogen (secondary N) is 2. The van der Waals surface area contributed by atoms with Crippen LogP contribution in [0, 0.1) is 23.6 Å². The lowest BCUT2D eigenvalue weighted by Gasteiger charge is -2.47. The van der Waals surface area contributed by atoms with Gasteiger partial charge < -0.3 is 15.4 Å². The molecule has 4 aliphatic rings. The topological polar surface area (TPSA) is 104 Å². The monoisotopic (exact) mass is 435 g/mol. The van der Waals surface area contributed by atoms with E-state index < -0.39 is 11.8 Å². The van der Waals surface area contributed by atoms with Gasteiger partial charge >= 0.3 is 5.97 Å². The maximum absolute atomic E-state index is 13.9. The summed E-state index contributed by atoms with van der Waals surface area (Å²) in [5, 5.41) is 14.2. The number of nitrogens with zero attached hydrogens (tertiary/aromatic N) is 3. The van der Waals surface area contributed by atoms with Crippen molar-refractivity contribution in [1.29, 1.82) is 0 Å². The summed E-state index contributed by atoms with van der Waals surface area (Å²) in [6, 6.07) is 1.33.